The zero-order valence-electron chi connectivity index (χ0n) is 17.6. The van der Waals surface area contributed by atoms with Crippen LogP contribution in [0.2, 0.25) is 5.02 Å². The smallest absolute Gasteiger partial charge is 0.261 e. The summed E-state index contributed by atoms with van der Waals surface area (Å²) in [4.78, 5) is 22.2. The van der Waals surface area contributed by atoms with Crippen LogP contribution >= 0.6 is 35.3 Å². The van der Waals surface area contributed by atoms with E-state index in [9.17, 15) is 4.79 Å². The number of aromatic nitrogens is 1. The summed E-state index contributed by atoms with van der Waals surface area (Å²) in [6, 6.07) is 11.1. The van der Waals surface area contributed by atoms with E-state index in [2.05, 4.69) is 18.7 Å². The lowest BCUT2D eigenvalue weighted by Crippen LogP contribution is -2.39. The number of benzene rings is 2. The predicted molar refractivity (Wildman–Crippen MR) is 129 cm³/mol. The number of fused-ring (bicyclic) bond motifs is 1. The van der Waals surface area contributed by atoms with Crippen LogP contribution in [0.3, 0.4) is 0 Å². The molecule has 0 radical (unpaired) electrons. The first kappa shape index (κ1) is 24.4. The van der Waals surface area contributed by atoms with Crippen molar-refractivity contribution in [3.05, 3.63) is 52.5 Å². The van der Waals surface area contributed by atoms with Gasteiger partial charge in [0, 0.05) is 13.1 Å². The maximum atomic E-state index is 13.4. The first-order chi connectivity index (χ1) is 14.0. The Labute approximate surface area is 193 Å². The molecule has 1 heterocycles. The van der Waals surface area contributed by atoms with Crippen molar-refractivity contribution in [2.24, 2.45) is 0 Å². The van der Waals surface area contributed by atoms with Crippen molar-refractivity contribution >= 4 is 56.6 Å². The second-order valence-electron chi connectivity index (χ2n) is 6.72. The molecule has 30 heavy (non-hydrogen) atoms. The molecule has 3 aromatic rings. The number of halogens is 2. The molecule has 3 rings (SSSR count). The molecule has 8 heteroatoms. The Balaban J connectivity index is 0.00000320. The SMILES string of the molecule is CCN(CC)CCN(C(=O)c1ccccc1Cl)c1nc2c(OC)ccc(C)c2s1.Cl. The van der Waals surface area contributed by atoms with Crippen molar-refractivity contribution in [2.75, 3.05) is 38.2 Å². The van der Waals surface area contributed by atoms with Crippen molar-refractivity contribution in [3.63, 3.8) is 0 Å². The zero-order valence-corrected chi connectivity index (χ0v) is 20.0. The number of methoxy groups -OCH3 is 1. The number of hydrogen-bond donors (Lipinski definition) is 0. The van der Waals surface area contributed by atoms with Crippen molar-refractivity contribution in [2.45, 2.75) is 20.8 Å². The molecule has 0 aliphatic rings. The molecule has 0 spiro atoms. The highest BCUT2D eigenvalue weighted by Gasteiger charge is 2.24. The number of carbonyl (C=O) groups is 1. The molecule has 162 valence electrons. The molecule has 0 aliphatic carbocycles. The van der Waals surface area contributed by atoms with Gasteiger partial charge in [0.2, 0.25) is 0 Å². The standard InChI is InChI=1S/C22H26ClN3O2S.ClH/c1-5-25(6-2)13-14-26(21(27)16-9-7-8-10-17(16)23)22-24-19-18(28-4)12-11-15(3)20(19)29-22;/h7-12H,5-6,13-14H2,1-4H3;1H. The van der Waals surface area contributed by atoms with E-state index in [-0.39, 0.29) is 18.3 Å². The van der Waals surface area contributed by atoms with E-state index in [0.29, 0.717) is 28.0 Å². The molecule has 5 nitrogen and oxygen atoms in total. The summed E-state index contributed by atoms with van der Waals surface area (Å²) in [5.41, 5.74) is 2.38. The van der Waals surface area contributed by atoms with Crippen molar-refractivity contribution in [3.8, 4) is 5.75 Å². The molecule has 0 saturated heterocycles. The van der Waals surface area contributed by atoms with E-state index in [1.54, 1.807) is 24.1 Å². The Hall–Kier alpha value is -1.86. The number of aryl methyl sites for hydroxylation is 1. The van der Waals surface area contributed by atoms with Gasteiger partial charge in [0.1, 0.15) is 11.3 Å². The molecule has 0 saturated carbocycles. The number of nitrogens with zero attached hydrogens (tertiary/aromatic N) is 3. The molecule has 0 atom stereocenters. The van der Waals surface area contributed by atoms with Gasteiger partial charge in [-0.25, -0.2) is 4.98 Å². The Morgan fingerprint density at radius 3 is 2.47 bits per heavy atom. The minimum Gasteiger partial charge on any atom is -0.494 e. The Morgan fingerprint density at radius 2 is 1.83 bits per heavy atom. The minimum atomic E-state index is -0.140. The molecule has 0 unspecified atom stereocenters. The second kappa shape index (κ2) is 11.0. The third-order valence-electron chi connectivity index (χ3n) is 5.03. The summed E-state index contributed by atoms with van der Waals surface area (Å²) in [6.07, 6.45) is 0. The summed E-state index contributed by atoms with van der Waals surface area (Å²) in [5.74, 6) is 0.570. The van der Waals surface area contributed by atoms with Gasteiger partial charge in [0.05, 0.1) is 22.4 Å². The topological polar surface area (TPSA) is 45.7 Å². The summed E-state index contributed by atoms with van der Waals surface area (Å²) in [5, 5.41) is 1.10. The average molecular weight is 468 g/mol. The van der Waals surface area contributed by atoms with Gasteiger partial charge in [-0.1, -0.05) is 55.0 Å². The number of thiazole rings is 1. The predicted octanol–water partition coefficient (Wildman–Crippen LogP) is 5.68. The first-order valence-electron chi connectivity index (χ1n) is 9.73. The van der Waals surface area contributed by atoms with E-state index in [1.807, 2.05) is 31.2 Å². The summed E-state index contributed by atoms with van der Waals surface area (Å²) >= 11 is 7.83. The second-order valence-corrected chi connectivity index (χ2v) is 8.11. The normalized spacial score (nSPS) is 10.9. The van der Waals surface area contributed by atoms with Crippen LogP contribution in [0.5, 0.6) is 5.75 Å². The molecule has 2 aromatic carbocycles. The average Bonchev–Trinajstić information content (AvgIpc) is 3.17. The fourth-order valence-corrected chi connectivity index (χ4v) is 4.52. The number of carbonyl (C=O) groups excluding carboxylic acids is 1. The molecule has 0 aliphatic heterocycles. The van der Waals surface area contributed by atoms with Crippen molar-refractivity contribution in [1.29, 1.82) is 0 Å². The van der Waals surface area contributed by atoms with Gasteiger partial charge < -0.3 is 9.64 Å². The number of amides is 1. The van der Waals surface area contributed by atoms with Crippen LogP contribution in [0, 0.1) is 6.92 Å². The van der Waals surface area contributed by atoms with Gasteiger partial charge >= 0.3 is 0 Å². The molecule has 0 N–H and O–H groups in total. The zero-order chi connectivity index (χ0) is 21.0. The van der Waals surface area contributed by atoms with Crippen LogP contribution < -0.4 is 9.64 Å². The Morgan fingerprint density at radius 1 is 1.13 bits per heavy atom. The summed E-state index contributed by atoms with van der Waals surface area (Å²) < 4.78 is 6.51. The van der Waals surface area contributed by atoms with Gasteiger partial charge in [-0.05, 0) is 43.8 Å². The highest BCUT2D eigenvalue weighted by Crippen LogP contribution is 2.37. The highest BCUT2D eigenvalue weighted by molar-refractivity contribution is 7.22. The van der Waals surface area contributed by atoms with Gasteiger partial charge in [0.15, 0.2) is 5.13 Å². The van der Waals surface area contributed by atoms with Gasteiger partial charge in [0.25, 0.3) is 5.91 Å². The fraction of sp³-hybridized carbons (Fsp3) is 0.364. The number of likely N-dealkylation sites (N-methyl/N-ethyl adjacent to an activating group) is 1. The monoisotopic (exact) mass is 467 g/mol. The third kappa shape index (κ3) is 5.06. The quantitative estimate of drug-likeness (QED) is 0.427. The highest BCUT2D eigenvalue weighted by atomic mass is 35.5. The van der Waals surface area contributed by atoms with Gasteiger partial charge in [-0.15, -0.1) is 12.4 Å². The maximum Gasteiger partial charge on any atom is 0.261 e. The van der Waals surface area contributed by atoms with Gasteiger partial charge in [-0.3, -0.25) is 9.69 Å². The lowest BCUT2D eigenvalue weighted by molar-refractivity contribution is 0.0984. The van der Waals surface area contributed by atoms with Crippen LogP contribution in [-0.2, 0) is 0 Å². The van der Waals surface area contributed by atoms with Crippen LogP contribution in [-0.4, -0.2) is 49.1 Å². The van der Waals surface area contributed by atoms with E-state index in [1.165, 1.54) is 11.3 Å². The summed E-state index contributed by atoms with van der Waals surface area (Å²) in [7, 11) is 1.64. The minimum absolute atomic E-state index is 0. The largest absolute Gasteiger partial charge is 0.494 e. The van der Waals surface area contributed by atoms with E-state index >= 15 is 0 Å². The number of ether oxygens (including phenoxy) is 1. The van der Waals surface area contributed by atoms with Crippen LogP contribution in [0.4, 0.5) is 5.13 Å². The summed E-state index contributed by atoms with van der Waals surface area (Å²) in [6.45, 7) is 9.43. The van der Waals surface area contributed by atoms with Gasteiger partial charge in [-0.2, -0.15) is 0 Å². The van der Waals surface area contributed by atoms with Crippen LogP contribution in [0.25, 0.3) is 10.2 Å². The van der Waals surface area contributed by atoms with Crippen LogP contribution in [0.1, 0.15) is 29.8 Å². The maximum absolute atomic E-state index is 13.4. The molecule has 1 amide bonds. The Bertz CT molecular complexity index is 1010. The lowest BCUT2D eigenvalue weighted by atomic mass is 10.2. The molecular weight excluding hydrogens is 441 g/mol. The van der Waals surface area contributed by atoms with E-state index in [0.717, 1.165) is 35.4 Å². The van der Waals surface area contributed by atoms with E-state index in [4.69, 9.17) is 21.3 Å². The van der Waals surface area contributed by atoms with Crippen LogP contribution in [0.15, 0.2) is 36.4 Å². The number of hydrogen-bond acceptors (Lipinski definition) is 5. The first-order valence-corrected chi connectivity index (χ1v) is 10.9. The molecule has 1 aromatic heterocycles. The Kier molecular flexibility index (Phi) is 8.92. The van der Waals surface area contributed by atoms with Crippen molar-refractivity contribution < 1.29 is 9.53 Å². The third-order valence-corrected chi connectivity index (χ3v) is 6.57. The lowest BCUT2D eigenvalue weighted by Gasteiger charge is -2.25. The molecular formula is C22H27Cl2N3O2S. The van der Waals surface area contributed by atoms with Crippen molar-refractivity contribution in [1.82, 2.24) is 9.88 Å². The van der Waals surface area contributed by atoms with E-state index < -0.39 is 0 Å². The molecule has 0 fully saturated rings. The number of rotatable bonds is 8. The fourth-order valence-electron chi connectivity index (χ4n) is 3.22. The number of anilines is 1. The molecule has 0 bridgehead atoms.